The molecule has 0 aromatic heterocycles. The fourth-order valence-electron chi connectivity index (χ4n) is 5.10. The molecule has 1 fully saturated rings. The van der Waals surface area contributed by atoms with Crippen molar-refractivity contribution in [2.75, 3.05) is 11.5 Å². The smallest absolute Gasteiger partial charge is 0.329 e. The van der Waals surface area contributed by atoms with Crippen LogP contribution in [-0.4, -0.2) is 30.4 Å². The van der Waals surface area contributed by atoms with Crippen molar-refractivity contribution in [3.05, 3.63) is 70.2 Å². The van der Waals surface area contributed by atoms with Crippen molar-refractivity contribution in [1.29, 1.82) is 5.26 Å². The highest BCUT2D eigenvalue weighted by Crippen LogP contribution is 2.57. The molecule has 0 N–H and O–H groups in total. The van der Waals surface area contributed by atoms with Crippen molar-refractivity contribution in [2.24, 2.45) is 10.8 Å². The summed E-state index contributed by atoms with van der Waals surface area (Å²) >= 11 is 3.47. The highest BCUT2D eigenvalue weighted by Gasteiger charge is 2.67. The first kappa shape index (κ1) is 23.3. The fourth-order valence-corrected chi connectivity index (χ4v) is 5.37. The zero-order chi connectivity index (χ0) is 24.0. The van der Waals surface area contributed by atoms with Crippen LogP contribution in [0, 0.1) is 22.2 Å². The standard InChI is InChI=1S/C27H27BrN2O3/c1-5-33-25(32)27(16-29)21-15-12-17-8-6-7-9-20(17)30(21)23(24(31)26(2,3)4)22(27)18-10-13-19(28)14-11-18/h6-15,21-23H,5H2,1-4H3/t21-,22+,23+,27+/m1/s1. The molecule has 6 heteroatoms. The first-order chi connectivity index (χ1) is 15.7. The molecule has 0 saturated carbocycles. The van der Waals surface area contributed by atoms with Crippen molar-refractivity contribution in [3.63, 3.8) is 0 Å². The number of carbonyl (C=O) groups is 2. The van der Waals surface area contributed by atoms with E-state index in [4.69, 9.17) is 4.74 Å². The molecule has 0 bridgehead atoms. The second-order valence-electron chi connectivity index (χ2n) is 9.56. The van der Waals surface area contributed by atoms with Crippen molar-refractivity contribution in [1.82, 2.24) is 0 Å². The number of para-hydroxylation sites is 1. The van der Waals surface area contributed by atoms with Gasteiger partial charge in [-0.2, -0.15) is 5.26 Å². The number of hydrogen-bond acceptors (Lipinski definition) is 5. The lowest BCUT2D eigenvalue weighted by atomic mass is 9.67. The number of hydrogen-bond donors (Lipinski definition) is 0. The summed E-state index contributed by atoms with van der Waals surface area (Å²) in [6.45, 7) is 7.52. The third kappa shape index (κ3) is 3.59. The molecular formula is C27H27BrN2O3. The lowest BCUT2D eigenvalue weighted by Crippen LogP contribution is -2.48. The average molecular weight is 507 g/mol. The molecule has 1 saturated heterocycles. The van der Waals surface area contributed by atoms with Crippen LogP contribution in [0.2, 0.25) is 0 Å². The van der Waals surface area contributed by atoms with Crippen LogP contribution >= 0.6 is 15.9 Å². The topological polar surface area (TPSA) is 70.4 Å². The summed E-state index contributed by atoms with van der Waals surface area (Å²) in [6, 6.07) is 16.3. The van der Waals surface area contributed by atoms with Gasteiger partial charge in [0.05, 0.1) is 24.8 Å². The Kier molecular flexibility index (Phi) is 5.96. The number of ether oxygens (including phenoxy) is 1. The normalized spacial score (nSPS) is 25.7. The Labute approximate surface area is 203 Å². The number of rotatable bonds is 4. The van der Waals surface area contributed by atoms with Crippen molar-refractivity contribution in [2.45, 2.75) is 45.7 Å². The summed E-state index contributed by atoms with van der Waals surface area (Å²) in [5.41, 5.74) is 0.290. The Morgan fingerprint density at radius 2 is 1.82 bits per heavy atom. The van der Waals surface area contributed by atoms with Crippen LogP contribution in [0.4, 0.5) is 5.69 Å². The molecule has 2 aliphatic heterocycles. The molecule has 2 heterocycles. The van der Waals surface area contributed by atoms with E-state index in [2.05, 4.69) is 22.0 Å². The SMILES string of the molecule is CCOC(=O)[C@]1(C#N)[C@@H](c2ccc(Br)cc2)[C@@H](C(=O)C(C)(C)C)N2c3ccccc3C=C[C@@H]21. The van der Waals surface area contributed by atoms with Gasteiger partial charge >= 0.3 is 5.97 Å². The maximum Gasteiger partial charge on any atom is 0.329 e. The molecule has 2 aliphatic rings. The van der Waals surface area contributed by atoms with E-state index < -0.39 is 34.8 Å². The van der Waals surface area contributed by atoms with E-state index in [1.807, 2.05) is 86.4 Å². The third-order valence-corrected chi connectivity index (χ3v) is 7.11. The highest BCUT2D eigenvalue weighted by atomic mass is 79.9. The maximum absolute atomic E-state index is 14.0. The van der Waals surface area contributed by atoms with Crippen LogP contribution in [0.5, 0.6) is 0 Å². The zero-order valence-electron chi connectivity index (χ0n) is 19.2. The van der Waals surface area contributed by atoms with E-state index in [0.717, 1.165) is 21.3 Å². The first-order valence-electron chi connectivity index (χ1n) is 11.1. The number of halogens is 1. The summed E-state index contributed by atoms with van der Waals surface area (Å²) < 4.78 is 6.38. The van der Waals surface area contributed by atoms with Gasteiger partial charge in [0.1, 0.15) is 0 Å². The Bertz CT molecular complexity index is 1160. The molecule has 2 aromatic carbocycles. The van der Waals surface area contributed by atoms with Crippen molar-refractivity contribution >= 4 is 39.4 Å². The van der Waals surface area contributed by atoms with Crippen LogP contribution in [-0.2, 0) is 14.3 Å². The molecule has 33 heavy (non-hydrogen) atoms. The van der Waals surface area contributed by atoms with E-state index >= 15 is 0 Å². The number of anilines is 1. The zero-order valence-corrected chi connectivity index (χ0v) is 20.8. The minimum atomic E-state index is -1.58. The predicted octanol–water partition coefficient (Wildman–Crippen LogP) is 5.51. The number of fused-ring (bicyclic) bond motifs is 3. The molecule has 0 aliphatic carbocycles. The van der Waals surface area contributed by atoms with Crippen LogP contribution in [0.3, 0.4) is 0 Å². The van der Waals surface area contributed by atoms with E-state index in [-0.39, 0.29) is 12.4 Å². The molecule has 0 unspecified atom stereocenters. The van der Waals surface area contributed by atoms with E-state index in [0.29, 0.717) is 0 Å². The molecule has 170 valence electrons. The van der Waals surface area contributed by atoms with Gasteiger partial charge in [0, 0.05) is 21.5 Å². The number of esters is 1. The minimum absolute atomic E-state index is 0.0213. The van der Waals surface area contributed by atoms with Gasteiger partial charge in [0.15, 0.2) is 11.2 Å². The summed E-state index contributed by atoms with van der Waals surface area (Å²) in [4.78, 5) is 29.6. The quantitative estimate of drug-likeness (QED) is 0.511. The largest absolute Gasteiger partial charge is 0.465 e. The molecule has 0 radical (unpaired) electrons. The predicted molar refractivity (Wildman–Crippen MR) is 132 cm³/mol. The summed E-state index contributed by atoms with van der Waals surface area (Å²) in [7, 11) is 0. The lowest BCUT2D eigenvalue weighted by molar-refractivity contribution is -0.152. The molecule has 0 amide bonds. The molecule has 4 atom stereocenters. The van der Waals surface area contributed by atoms with Crippen molar-refractivity contribution < 1.29 is 14.3 Å². The third-order valence-electron chi connectivity index (χ3n) is 6.58. The van der Waals surface area contributed by atoms with E-state index in [9.17, 15) is 14.9 Å². The first-order valence-corrected chi connectivity index (χ1v) is 11.9. The monoisotopic (exact) mass is 506 g/mol. The number of carbonyl (C=O) groups excluding carboxylic acids is 2. The van der Waals surface area contributed by atoms with Gasteiger partial charge in [-0.1, -0.05) is 79.2 Å². The second kappa shape index (κ2) is 8.46. The molecule has 5 nitrogen and oxygen atoms in total. The molecule has 0 spiro atoms. The number of Topliss-reactive ketones (excluding diaryl/α,β-unsaturated/α-hetero) is 1. The van der Waals surface area contributed by atoms with Gasteiger partial charge in [-0.25, -0.2) is 0 Å². The Morgan fingerprint density at radius 3 is 2.42 bits per heavy atom. The highest BCUT2D eigenvalue weighted by molar-refractivity contribution is 9.10. The Hall–Kier alpha value is -2.91. The van der Waals surface area contributed by atoms with Crippen LogP contribution < -0.4 is 4.90 Å². The lowest BCUT2D eigenvalue weighted by Gasteiger charge is -2.37. The number of nitriles is 1. The van der Waals surface area contributed by atoms with Gasteiger partial charge in [-0.3, -0.25) is 9.59 Å². The summed E-state index contributed by atoms with van der Waals surface area (Å²) in [5.74, 6) is -1.32. The molecular weight excluding hydrogens is 480 g/mol. The molecule has 2 aromatic rings. The van der Waals surface area contributed by atoms with Crippen LogP contribution in [0.15, 0.2) is 59.1 Å². The Balaban J connectivity index is 2.05. The second-order valence-corrected chi connectivity index (χ2v) is 10.5. The van der Waals surface area contributed by atoms with E-state index in [1.165, 1.54) is 0 Å². The van der Waals surface area contributed by atoms with E-state index in [1.54, 1.807) is 6.92 Å². The van der Waals surface area contributed by atoms with Gasteiger partial charge in [0.2, 0.25) is 0 Å². The number of benzene rings is 2. The van der Waals surface area contributed by atoms with Crippen LogP contribution in [0.25, 0.3) is 6.08 Å². The average Bonchev–Trinajstić information content (AvgIpc) is 3.10. The van der Waals surface area contributed by atoms with Crippen LogP contribution in [0.1, 0.15) is 44.7 Å². The van der Waals surface area contributed by atoms with Gasteiger partial charge in [-0.15, -0.1) is 0 Å². The van der Waals surface area contributed by atoms with Crippen molar-refractivity contribution in [3.8, 4) is 6.07 Å². The molecule has 4 rings (SSSR count). The fraction of sp³-hybridized carbons (Fsp3) is 0.370. The number of nitrogens with zero attached hydrogens (tertiary/aromatic N) is 2. The van der Waals surface area contributed by atoms with Gasteiger partial charge < -0.3 is 9.64 Å². The number of ketones is 1. The summed E-state index contributed by atoms with van der Waals surface area (Å²) in [5, 5.41) is 10.7. The van der Waals surface area contributed by atoms with Gasteiger partial charge in [0.25, 0.3) is 0 Å². The maximum atomic E-state index is 14.0. The summed E-state index contributed by atoms with van der Waals surface area (Å²) in [6.07, 6.45) is 3.81. The van der Waals surface area contributed by atoms with Gasteiger partial charge in [-0.05, 0) is 36.2 Å². The minimum Gasteiger partial charge on any atom is -0.465 e. The Morgan fingerprint density at radius 1 is 1.15 bits per heavy atom.